The Morgan fingerprint density at radius 3 is 2.15 bits per heavy atom. The van der Waals surface area contributed by atoms with Crippen LogP contribution in [0.2, 0.25) is 0 Å². The van der Waals surface area contributed by atoms with Crippen molar-refractivity contribution in [2.75, 3.05) is 19.0 Å². The first-order chi connectivity index (χ1) is 16.5. The number of nitrogens with zero attached hydrogens (tertiary/aromatic N) is 2. The Morgan fingerprint density at radius 2 is 1.56 bits per heavy atom. The lowest BCUT2D eigenvalue weighted by molar-refractivity contribution is 0.137. The van der Waals surface area contributed by atoms with Crippen LogP contribution in [-0.4, -0.2) is 46.0 Å². The van der Waals surface area contributed by atoms with Gasteiger partial charge in [-0.2, -0.15) is 0 Å². The first-order valence-electron chi connectivity index (χ1n) is 11.5. The van der Waals surface area contributed by atoms with Gasteiger partial charge in [-0.15, -0.1) is 0 Å². The molecule has 1 fully saturated rings. The van der Waals surface area contributed by atoms with E-state index in [1.807, 2.05) is 36.7 Å². The van der Waals surface area contributed by atoms with Crippen molar-refractivity contribution in [2.45, 2.75) is 44.6 Å². The number of hydrogen-bond acceptors (Lipinski definition) is 6. The number of anilines is 2. The molecule has 0 atom stereocenters. The summed E-state index contributed by atoms with van der Waals surface area (Å²) in [6.07, 6.45) is 9.72. The van der Waals surface area contributed by atoms with Crippen molar-refractivity contribution in [1.82, 2.24) is 15.3 Å². The van der Waals surface area contributed by atoms with E-state index < -0.39 is 6.16 Å². The highest BCUT2D eigenvalue weighted by atomic mass is 16.6. The molecule has 8 heteroatoms. The molecule has 34 heavy (non-hydrogen) atoms. The fraction of sp³-hybridized carbons (Fsp3) is 0.346. The lowest BCUT2D eigenvalue weighted by Gasteiger charge is -2.22. The Hall–Kier alpha value is -3.65. The number of carbonyl (C=O) groups is 1. The second-order valence-electron chi connectivity index (χ2n) is 8.17. The third-order valence-electron chi connectivity index (χ3n) is 5.74. The molecule has 1 aliphatic rings. The van der Waals surface area contributed by atoms with Gasteiger partial charge >= 0.3 is 6.16 Å². The molecular weight excluding hydrogens is 432 g/mol. The van der Waals surface area contributed by atoms with E-state index in [1.54, 1.807) is 7.11 Å². The normalized spacial score (nSPS) is 13.4. The van der Waals surface area contributed by atoms with Crippen LogP contribution in [0.3, 0.4) is 0 Å². The third-order valence-corrected chi connectivity index (χ3v) is 5.74. The average molecular weight is 465 g/mol. The number of carboxylic acid groups (broad SMARTS) is 2. The Labute approximate surface area is 200 Å². The molecule has 1 heterocycles. The minimum absolute atomic E-state index is 0.596. The molecule has 0 amide bonds. The van der Waals surface area contributed by atoms with E-state index in [2.05, 4.69) is 44.9 Å². The molecule has 0 spiro atoms. The number of rotatable bonds is 8. The summed E-state index contributed by atoms with van der Waals surface area (Å²) in [5.74, 6) is 1.44. The molecule has 3 aromatic rings. The van der Waals surface area contributed by atoms with E-state index in [9.17, 15) is 0 Å². The molecule has 0 aliphatic heterocycles. The third kappa shape index (κ3) is 8.37. The van der Waals surface area contributed by atoms with E-state index in [-0.39, 0.29) is 0 Å². The van der Waals surface area contributed by atoms with Gasteiger partial charge in [-0.25, -0.2) is 14.8 Å². The van der Waals surface area contributed by atoms with Gasteiger partial charge in [0.25, 0.3) is 0 Å². The van der Waals surface area contributed by atoms with Crippen LogP contribution in [-0.2, 0) is 6.42 Å². The Bertz CT molecular complexity index is 998. The van der Waals surface area contributed by atoms with Gasteiger partial charge < -0.3 is 25.6 Å². The summed E-state index contributed by atoms with van der Waals surface area (Å²) >= 11 is 0. The van der Waals surface area contributed by atoms with Gasteiger partial charge in [-0.3, -0.25) is 0 Å². The molecule has 2 aromatic carbocycles. The lowest BCUT2D eigenvalue weighted by atomic mass is 9.95. The maximum Gasteiger partial charge on any atom is 0.503 e. The maximum atomic E-state index is 8.56. The largest absolute Gasteiger partial charge is 0.503 e. The van der Waals surface area contributed by atoms with Gasteiger partial charge in [0.15, 0.2) is 0 Å². The summed E-state index contributed by atoms with van der Waals surface area (Å²) in [5.41, 5.74) is 4.38. The highest BCUT2D eigenvalue weighted by molar-refractivity contribution is 5.63. The Morgan fingerprint density at radius 1 is 0.941 bits per heavy atom. The molecule has 4 N–H and O–H groups in total. The molecule has 0 unspecified atom stereocenters. The summed E-state index contributed by atoms with van der Waals surface area (Å²) in [6.45, 7) is 1.05. The first-order valence-corrected chi connectivity index (χ1v) is 11.5. The van der Waals surface area contributed by atoms with Crippen LogP contribution < -0.4 is 15.4 Å². The number of nitrogens with one attached hydrogen (secondary N) is 2. The van der Waals surface area contributed by atoms with E-state index >= 15 is 0 Å². The van der Waals surface area contributed by atoms with Crippen molar-refractivity contribution in [1.29, 1.82) is 0 Å². The summed E-state index contributed by atoms with van der Waals surface area (Å²) in [7, 11) is 1.67. The SMILES string of the molecule is COc1ccc(-c2cnc(Nc3ccc(CCNC4CCCCC4)cc3)nc2)cc1.O=C(O)O. The van der Waals surface area contributed by atoms with E-state index in [0.29, 0.717) is 5.95 Å². The summed E-state index contributed by atoms with van der Waals surface area (Å²) in [5, 5.41) is 20.9. The topological polar surface area (TPSA) is 117 Å². The Balaban J connectivity index is 0.000000751. The molecule has 0 radical (unpaired) electrons. The zero-order valence-corrected chi connectivity index (χ0v) is 19.4. The fourth-order valence-corrected chi connectivity index (χ4v) is 3.94. The quantitative estimate of drug-likeness (QED) is 0.341. The average Bonchev–Trinajstić information content (AvgIpc) is 2.86. The van der Waals surface area contributed by atoms with Gasteiger partial charge in [0.2, 0.25) is 5.95 Å². The number of ether oxygens (including phenoxy) is 1. The fourth-order valence-electron chi connectivity index (χ4n) is 3.94. The first kappa shape index (κ1) is 25.0. The summed E-state index contributed by atoms with van der Waals surface area (Å²) in [6, 6.07) is 17.2. The van der Waals surface area contributed by atoms with Gasteiger partial charge in [0.05, 0.1) is 7.11 Å². The van der Waals surface area contributed by atoms with E-state index in [0.717, 1.165) is 41.6 Å². The number of methoxy groups -OCH3 is 1. The summed E-state index contributed by atoms with van der Waals surface area (Å²) in [4.78, 5) is 17.5. The van der Waals surface area contributed by atoms with Crippen LogP contribution >= 0.6 is 0 Å². The van der Waals surface area contributed by atoms with Gasteiger partial charge in [-0.05, 0) is 61.2 Å². The van der Waals surface area contributed by atoms with Gasteiger partial charge in [-0.1, -0.05) is 43.5 Å². The van der Waals surface area contributed by atoms with E-state index in [4.69, 9.17) is 19.7 Å². The monoisotopic (exact) mass is 464 g/mol. The minimum atomic E-state index is -1.83. The molecule has 1 aliphatic carbocycles. The zero-order valence-electron chi connectivity index (χ0n) is 19.4. The molecule has 0 saturated heterocycles. The summed E-state index contributed by atoms with van der Waals surface area (Å²) < 4.78 is 5.20. The van der Waals surface area contributed by atoms with Gasteiger partial charge in [0.1, 0.15) is 5.75 Å². The second kappa shape index (κ2) is 13.2. The van der Waals surface area contributed by atoms with Crippen LogP contribution in [0.15, 0.2) is 60.9 Å². The van der Waals surface area contributed by atoms with Crippen molar-refractivity contribution in [3.05, 3.63) is 66.5 Å². The van der Waals surface area contributed by atoms with E-state index in [1.165, 1.54) is 37.7 Å². The number of benzene rings is 2. The predicted octanol–water partition coefficient (Wildman–Crippen LogP) is 5.58. The molecule has 1 aromatic heterocycles. The molecule has 180 valence electrons. The molecule has 8 nitrogen and oxygen atoms in total. The lowest BCUT2D eigenvalue weighted by Crippen LogP contribution is -2.32. The molecule has 0 bridgehead atoms. The van der Waals surface area contributed by atoms with Crippen molar-refractivity contribution in [2.24, 2.45) is 0 Å². The standard InChI is InChI=1S/C25H30N4O.CH2O3/c1-30-24-13-9-20(10-14-24)21-17-27-25(28-18-21)29-23-11-7-19(8-12-23)15-16-26-22-5-3-2-4-6-22;2-1(3)4/h7-14,17-18,22,26H,2-6,15-16H2,1H3,(H,27,28,29);(H2,2,3,4). The second-order valence-corrected chi connectivity index (χ2v) is 8.17. The van der Waals surface area contributed by atoms with Crippen molar-refractivity contribution < 1.29 is 19.7 Å². The minimum Gasteiger partial charge on any atom is -0.497 e. The predicted molar refractivity (Wildman–Crippen MR) is 133 cm³/mol. The smallest absolute Gasteiger partial charge is 0.497 e. The molecular formula is C26H32N4O4. The number of aromatic nitrogens is 2. The van der Waals surface area contributed by atoms with Crippen LogP contribution in [0.25, 0.3) is 11.1 Å². The van der Waals surface area contributed by atoms with Crippen molar-refractivity contribution in [3.63, 3.8) is 0 Å². The van der Waals surface area contributed by atoms with Crippen LogP contribution in [0.1, 0.15) is 37.7 Å². The van der Waals surface area contributed by atoms with Crippen LogP contribution in [0.4, 0.5) is 16.4 Å². The molecule has 4 rings (SSSR count). The van der Waals surface area contributed by atoms with Gasteiger partial charge in [0, 0.05) is 29.7 Å². The van der Waals surface area contributed by atoms with Crippen molar-refractivity contribution in [3.8, 4) is 16.9 Å². The molecule has 1 saturated carbocycles. The maximum absolute atomic E-state index is 8.56. The Kier molecular flexibility index (Phi) is 9.66. The van der Waals surface area contributed by atoms with Crippen molar-refractivity contribution >= 4 is 17.8 Å². The van der Waals surface area contributed by atoms with Crippen LogP contribution in [0.5, 0.6) is 5.75 Å². The zero-order chi connectivity index (χ0) is 24.2. The highest BCUT2D eigenvalue weighted by Crippen LogP contribution is 2.22. The van der Waals surface area contributed by atoms with Crippen LogP contribution in [0, 0.1) is 0 Å². The number of hydrogen-bond donors (Lipinski definition) is 4. The highest BCUT2D eigenvalue weighted by Gasteiger charge is 2.11.